The van der Waals surface area contributed by atoms with Crippen molar-refractivity contribution >= 4 is 23.6 Å². The lowest BCUT2D eigenvalue weighted by Gasteiger charge is -2.25. The van der Waals surface area contributed by atoms with E-state index in [2.05, 4.69) is 15.5 Å². The van der Waals surface area contributed by atoms with Crippen molar-refractivity contribution in [1.82, 2.24) is 20.1 Å². The van der Waals surface area contributed by atoms with Gasteiger partial charge in [0.1, 0.15) is 6.61 Å². The first kappa shape index (κ1) is 20.8. The zero-order chi connectivity index (χ0) is 22.6. The normalized spacial score (nSPS) is 14.6. The van der Waals surface area contributed by atoms with Crippen molar-refractivity contribution in [3.05, 3.63) is 73.0 Å². The van der Waals surface area contributed by atoms with Gasteiger partial charge < -0.3 is 13.9 Å². The Kier molecular flexibility index (Phi) is 5.81. The number of para-hydroxylation sites is 3. The van der Waals surface area contributed by atoms with Crippen molar-refractivity contribution in [1.29, 1.82) is 0 Å². The first-order valence-electron chi connectivity index (χ1n) is 10.1. The molecule has 4 aromatic rings. The Morgan fingerprint density at radius 3 is 2.58 bits per heavy atom. The molecule has 0 saturated carbocycles. The Morgan fingerprint density at radius 2 is 1.79 bits per heavy atom. The molecule has 10 heteroatoms. The van der Waals surface area contributed by atoms with E-state index in [1.807, 2.05) is 36.4 Å². The van der Waals surface area contributed by atoms with Gasteiger partial charge in [0.2, 0.25) is 17.8 Å². The Morgan fingerprint density at radius 1 is 1.00 bits per heavy atom. The summed E-state index contributed by atoms with van der Waals surface area (Å²) in [6.07, 6.45) is 0.646. The van der Waals surface area contributed by atoms with Gasteiger partial charge in [0.05, 0.1) is 12.0 Å². The predicted molar refractivity (Wildman–Crippen MR) is 119 cm³/mol. The fourth-order valence-corrected chi connectivity index (χ4v) is 4.02. The average molecular weight is 462 g/mol. The van der Waals surface area contributed by atoms with Gasteiger partial charge in [-0.3, -0.25) is 19.5 Å². The minimum absolute atomic E-state index is 0.0259. The summed E-state index contributed by atoms with van der Waals surface area (Å²) in [5, 5.41) is 11.3. The van der Waals surface area contributed by atoms with Crippen LogP contribution in [0.3, 0.4) is 0 Å². The summed E-state index contributed by atoms with van der Waals surface area (Å²) >= 11 is 1.16. The van der Waals surface area contributed by atoms with E-state index in [9.17, 15) is 9.59 Å². The third kappa shape index (κ3) is 4.46. The first-order chi connectivity index (χ1) is 16.2. The van der Waals surface area contributed by atoms with E-state index >= 15 is 0 Å². The van der Waals surface area contributed by atoms with Gasteiger partial charge in [-0.25, -0.2) is 0 Å². The van der Waals surface area contributed by atoms with Crippen LogP contribution in [0.4, 0.5) is 0 Å². The number of carbonyl (C=O) groups is 2. The molecule has 1 unspecified atom stereocenters. The highest BCUT2D eigenvalue weighted by Crippen LogP contribution is 2.31. The molecule has 1 aliphatic heterocycles. The molecule has 9 nitrogen and oxygen atoms in total. The van der Waals surface area contributed by atoms with Gasteiger partial charge in [-0.1, -0.05) is 42.1 Å². The number of imide groups is 1. The largest absolute Gasteiger partial charge is 0.485 e. The van der Waals surface area contributed by atoms with E-state index in [-0.39, 0.29) is 12.4 Å². The van der Waals surface area contributed by atoms with Gasteiger partial charge in [-0.15, -0.1) is 10.2 Å². The van der Waals surface area contributed by atoms with Crippen LogP contribution in [0.25, 0.3) is 17.3 Å². The number of nitrogens with zero attached hydrogens (tertiary/aromatic N) is 3. The molecule has 2 aromatic carbocycles. The number of benzene rings is 2. The maximum atomic E-state index is 12.5. The Hall–Kier alpha value is -4.05. The van der Waals surface area contributed by atoms with E-state index < -0.39 is 17.9 Å². The quantitative estimate of drug-likeness (QED) is 0.436. The molecule has 1 N–H and O–H groups in total. The molecule has 1 atom stereocenters. The molecule has 0 fully saturated rings. The second kappa shape index (κ2) is 9.21. The number of rotatable bonds is 6. The van der Waals surface area contributed by atoms with E-state index in [1.54, 1.807) is 41.2 Å². The molecule has 166 valence electrons. The van der Waals surface area contributed by atoms with E-state index in [0.29, 0.717) is 28.2 Å². The fraction of sp³-hybridized carbons (Fsp3) is 0.130. The summed E-state index contributed by atoms with van der Waals surface area (Å²) in [6, 6.07) is 20.1. The van der Waals surface area contributed by atoms with Crippen LogP contribution in [0, 0.1) is 0 Å². The van der Waals surface area contributed by atoms with Crippen LogP contribution < -0.4 is 14.8 Å². The van der Waals surface area contributed by atoms with Crippen LogP contribution in [-0.2, 0) is 9.59 Å². The molecule has 2 amide bonds. The lowest BCUT2D eigenvalue weighted by Crippen LogP contribution is -2.46. The third-order valence-electron chi connectivity index (χ3n) is 4.79. The van der Waals surface area contributed by atoms with Crippen LogP contribution in [0.15, 0.2) is 82.6 Å². The highest BCUT2D eigenvalue weighted by Gasteiger charge is 2.28. The third-order valence-corrected chi connectivity index (χ3v) is 5.71. The summed E-state index contributed by atoms with van der Waals surface area (Å²) in [4.78, 5) is 25.0. The number of carbonyl (C=O) groups excluding carboxylic acids is 2. The smallest absolute Gasteiger partial charge is 0.271 e. The van der Waals surface area contributed by atoms with Gasteiger partial charge in [0.25, 0.3) is 5.91 Å². The molecule has 0 radical (unpaired) electrons. The lowest BCUT2D eigenvalue weighted by molar-refractivity contribution is -0.135. The molecule has 0 bridgehead atoms. The van der Waals surface area contributed by atoms with Gasteiger partial charge in [0.15, 0.2) is 22.4 Å². The zero-order valence-corrected chi connectivity index (χ0v) is 18.0. The summed E-state index contributed by atoms with van der Waals surface area (Å²) in [6.45, 7) is 0.0259. The van der Waals surface area contributed by atoms with Crippen molar-refractivity contribution in [3.63, 3.8) is 0 Å². The van der Waals surface area contributed by atoms with E-state index in [0.717, 1.165) is 17.4 Å². The Labute approximate surface area is 192 Å². The van der Waals surface area contributed by atoms with Crippen LogP contribution >= 0.6 is 11.8 Å². The van der Waals surface area contributed by atoms with Crippen molar-refractivity contribution < 1.29 is 23.5 Å². The number of thioether (sulfide) groups is 1. The number of fused-ring (bicyclic) bond motifs is 1. The number of amides is 2. The van der Waals surface area contributed by atoms with Crippen LogP contribution in [-0.4, -0.2) is 45.0 Å². The molecule has 5 rings (SSSR count). The second-order valence-corrected chi connectivity index (χ2v) is 7.96. The molecule has 33 heavy (non-hydrogen) atoms. The first-order valence-corrected chi connectivity index (χ1v) is 11.1. The number of furan rings is 1. The van der Waals surface area contributed by atoms with Crippen LogP contribution in [0.1, 0.15) is 0 Å². The van der Waals surface area contributed by atoms with E-state index in [1.165, 1.54) is 0 Å². The molecular weight excluding hydrogens is 444 g/mol. The summed E-state index contributed by atoms with van der Waals surface area (Å²) in [7, 11) is 0. The molecular formula is C23H18N4O5S. The van der Waals surface area contributed by atoms with Gasteiger partial charge in [-0.05, 0) is 36.4 Å². The highest BCUT2D eigenvalue weighted by molar-refractivity contribution is 7.99. The second-order valence-electron chi connectivity index (χ2n) is 7.02. The van der Waals surface area contributed by atoms with Gasteiger partial charge >= 0.3 is 0 Å². The van der Waals surface area contributed by atoms with Gasteiger partial charge in [-0.2, -0.15) is 0 Å². The highest BCUT2D eigenvalue weighted by atomic mass is 32.2. The molecule has 1 aliphatic rings. The molecule has 0 spiro atoms. The maximum absolute atomic E-state index is 12.5. The minimum Gasteiger partial charge on any atom is -0.485 e. The molecule has 2 aromatic heterocycles. The van der Waals surface area contributed by atoms with Crippen molar-refractivity contribution in [2.45, 2.75) is 11.3 Å². The Balaban J connectivity index is 1.26. The van der Waals surface area contributed by atoms with Crippen molar-refractivity contribution in [2.75, 3.05) is 12.4 Å². The summed E-state index contributed by atoms with van der Waals surface area (Å²) in [5.41, 5.74) is 0.819. The number of ether oxygens (including phenoxy) is 2. The van der Waals surface area contributed by atoms with Gasteiger partial charge in [0, 0.05) is 5.69 Å². The Bertz CT molecular complexity index is 1270. The summed E-state index contributed by atoms with van der Waals surface area (Å²) < 4.78 is 18.5. The fourth-order valence-electron chi connectivity index (χ4n) is 3.27. The molecule has 0 saturated heterocycles. The zero-order valence-electron chi connectivity index (χ0n) is 17.2. The number of hydrogen-bond donors (Lipinski definition) is 1. The lowest BCUT2D eigenvalue weighted by atomic mass is 10.2. The minimum atomic E-state index is -0.910. The van der Waals surface area contributed by atoms with Crippen LogP contribution in [0.5, 0.6) is 11.5 Å². The predicted octanol–water partition coefficient (Wildman–Crippen LogP) is 3.10. The number of nitrogens with one attached hydrogen (secondary N) is 1. The monoisotopic (exact) mass is 462 g/mol. The number of aromatic nitrogens is 3. The average Bonchev–Trinajstić information content (AvgIpc) is 3.53. The molecule has 0 aliphatic carbocycles. The number of hydrogen-bond acceptors (Lipinski definition) is 8. The standard InChI is InChI=1S/C23H18N4O5S/c28-20(24-22(29)19-13-31-16-9-4-5-10-17(16)32-19)14-33-23-26-25-21(18-11-6-12-30-18)27(23)15-7-2-1-3-8-15/h1-12,19H,13-14H2,(H,24,28,29). The topological polar surface area (TPSA) is 108 Å². The van der Waals surface area contributed by atoms with E-state index in [4.69, 9.17) is 13.9 Å². The van der Waals surface area contributed by atoms with Crippen molar-refractivity contribution in [3.8, 4) is 28.8 Å². The summed E-state index contributed by atoms with van der Waals surface area (Å²) in [5.74, 6) is 1.01. The maximum Gasteiger partial charge on any atom is 0.271 e. The SMILES string of the molecule is O=C(CSc1nnc(-c2ccco2)n1-c1ccccc1)NC(=O)C1COc2ccccc2O1. The van der Waals surface area contributed by atoms with Crippen LogP contribution in [0.2, 0.25) is 0 Å². The molecule has 3 heterocycles. The van der Waals surface area contributed by atoms with Crippen molar-refractivity contribution in [2.24, 2.45) is 0 Å².